The number of hydrogen-bond acceptors (Lipinski definition) is 5. The number of carbonyl (C=O) groups excluding carboxylic acids is 2. The maximum absolute atomic E-state index is 12.9. The van der Waals surface area contributed by atoms with Crippen molar-refractivity contribution >= 4 is 40.6 Å². The smallest absolute Gasteiger partial charge is 0.341 e. The number of amides is 2. The number of aliphatic carboxylic acids is 1. The van der Waals surface area contributed by atoms with Crippen molar-refractivity contribution in [2.45, 2.75) is 26.2 Å². The maximum atomic E-state index is 12.9. The minimum absolute atomic E-state index is 0.257. The number of thioether (sulfide) groups is 1. The molecule has 0 spiro atoms. The highest BCUT2D eigenvalue weighted by atomic mass is 32.2. The van der Waals surface area contributed by atoms with E-state index < -0.39 is 18.5 Å². The van der Waals surface area contributed by atoms with Crippen LogP contribution >= 0.6 is 11.8 Å². The lowest BCUT2D eigenvalue weighted by Crippen LogP contribution is -2.27. The Morgan fingerprint density at radius 1 is 1.17 bits per heavy atom. The average Bonchev–Trinajstić information content (AvgIpc) is 2.99. The number of carbonyl (C=O) groups is 3. The molecule has 0 aliphatic carbocycles. The van der Waals surface area contributed by atoms with E-state index in [0.717, 1.165) is 28.6 Å². The van der Waals surface area contributed by atoms with E-state index in [4.69, 9.17) is 9.84 Å². The van der Waals surface area contributed by atoms with Crippen LogP contribution in [0.3, 0.4) is 0 Å². The van der Waals surface area contributed by atoms with Crippen molar-refractivity contribution in [3.8, 4) is 5.75 Å². The monoisotopic (exact) mass is 411 g/mol. The van der Waals surface area contributed by atoms with Gasteiger partial charge in [-0.3, -0.25) is 9.59 Å². The van der Waals surface area contributed by atoms with Crippen LogP contribution in [0.15, 0.2) is 53.4 Å². The summed E-state index contributed by atoms with van der Waals surface area (Å²) in [5.41, 5.74) is 2.22. The third kappa shape index (κ3) is 4.68. The molecule has 2 aromatic rings. The van der Waals surface area contributed by atoms with E-state index in [1.807, 2.05) is 12.1 Å². The molecule has 6 nitrogen and oxygen atoms in total. The van der Waals surface area contributed by atoms with Gasteiger partial charge in [-0.05, 0) is 53.9 Å². The minimum Gasteiger partial charge on any atom is -0.481 e. The van der Waals surface area contributed by atoms with E-state index in [1.54, 1.807) is 42.5 Å². The lowest BCUT2D eigenvalue weighted by atomic mass is 9.98. The van der Waals surface area contributed by atoms with E-state index in [9.17, 15) is 14.4 Å². The summed E-state index contributed by atoms with van der Waals surface area (Å²) in [6.07, 6.45) is 2.56. The molecule has 150 valence electrons. The summed E-state index contributed by atoms with van der Waals surface area (Å²) in [7, 11) is 0. The molecule has 1 N–H and O–H groups in total. The lowest BCUT2D eigenvalue weighted by molar-refractivity contribution is -0.139. The fourth-order valence-electron chi connectivity index (χ4n) is 2.89. The highest BCUT2D eigenvalue weighted by Gasteiger charge is 2.36. The second kappa shape index (κ2) is 8.96. The molecule has 0 aromatic heterocycles. The van der Waals surface area contributed by atoms with Crippen LogP contribution in [-0.2, 0) is 9.59 Å². The Bertz CT molecular complexity index is 967. The number of nitrogens with zero attached hydrogens (tertiary/aromatic N) is 1. The predicted octanol–water partition coefficient (Wildman–Crippen LogP) is 4.90. The molecular weight excluding hydrogens is 390 g/mol. The van der Waals surface area contributed by atoms with Gasteiger partial charge in [-0.15, -0.1) is 0 Å². The zero-order chi connectivity index (χ0) is 21.0. The number of hydrogen-bond donors (Lipinski definition) is 1. The Kier molecular flexibility index (Phi) is 6.39. The molecule has 7 heteroatoms. The van der Waals surface area contributed by atoms with Gasteiger partial charge in [0.25, 0.3) is 11.1 Å². The molecule has 1 atom stereocenters. The fraction of sp³-hybridized carbons (Fsp3) is 0.227. The van der Waals surface area contributed by atoms with Gasteiger partial charge >= 0.3 is 5.97 Å². The van der Waals surface area contributed by atoms with Gasteiger partial charge in [-0.1, -0.05) is 44.2 Å². The van der Waals surface area contributed by atoms with Crippen molar-refractivity contribution < 1.29 is 24.2 Å². The first-order chi connectivity index (χ1) is 13.9. The Morgan fingerprint density at radius 3 is 2.52 bits per heavy atom. The minimum atomic E-state index is -1.10. The summed E-state index contributed by atoms with van der Waals surface area (Å²) in [6, 6.07) is 14.2. The van der Waals surface area contributed by atoms with Crippen molar-refractivity contribution in [1.82, 2.24) is 0 Å². The second-order valence-electron chi connectivity index (χ2n) is 6.64. The molecule has 1 aliphatic rings. The summed E-state index contributed by atoms with van der Waals surface area (Å²) >= 11 is 0.846. The van der Waals surface area contributed by atoms with Gasteiger partial charge in [-0.2, -0.15) is 0 Å². The average molecular weight is 411 g/mol. The van der Waals surface area contributed by atoms with Gasteiger partial charge in [0.2, 0.25) is 0 Å². The van der Waals surface area contributed by atoms with Crippen LogP contribution in [-0.4, -0.2) is 28.8 Å². The predicted molar refractivity (Wildman–Crippen MR) is 113 cm³/mol. The summed E-state index contributed by atoms with van der Waals surface area (Å²) in [5, 5.41) is 8.43. The summed E-state index contributed by atoms with van der Waals surface area (Å²) in [4.78, 5) is 37.5. The second-order valence-corrected chi connectivity index (χ2v) is 7.63. The van der Waals surface area contributed by atoms with E-state index in [0.29, 0.717) is 22.9 Å². The topological polar surface area (TPSA) is 83.9 Å². The molecule has 1 fully saturated rings. The normalized spacial score (nSPS) is 16.3. The molecule has 2 amide bonds. The Morgan fingerprint density at radius 2 is 1.86 bits per heavy atom. The third-order valence-electron chi connectivity index (χ3n) is 4.68. The number of anilines is 1. The maximum Gasteiger partial charge on any atom is 0.341 e. The summed E-state index contributed by atoms with van der Waals surface area (Å²) < 4.78 is 5.27. The van der Waals surface area contributed by atoms with E-state index in [-0.39, 0.29) is 10.1 Å². The molecule has 1 heterocycles. The number of para-hydroxylation sites is 1. The van der Waals surface area contributed by atoms with Gasteiger partial charge in [-0.25, -0.2) is 9.69 Å². The van der Waals surface area contributed by atoms with E-state index in [2.05, 4.69) is 13.8 Å². The van der Waals surface area contributed by atoms with Gasteiger partial charge < -0.3 is 9.84 Å². The zero-order valence-electron chi connectivity index (χ0n) is 16.1. The molecule has 0 bridgehead atoms. The van der Waals surface area contributed by atoms with Gasteiger partial charge in [0, 0.05) is 5.56 Å². The van der Waals surface area contributed by atoms with E-state index >= 15 is 0 Å². The van der Waals surface area contributed by atoms with Crippen LogP contribution in [0, 0.1) is 0 Å². The zero-order valence-corrected chi connectivity index (χ0v) is 16.9. The molecule has 1 unspecified atom stereocenters. The number of imide groups is 1. The SMILES string of the molecule is CCC(C)c1ccc(N2C(=O)S/C(=C/c3ccccc3OCC(=O)O)C2=O)cc1. The Labute approximate surface area is 173 Å². The van der Waals surface area contributed by atoms with Crippen molar-refractivity contribution in [2.24, 2.45) is 0 Å². The quantitative estimate of drug-likeness (QED) is 0.652. The molecule has 1 aliphatic heterocycles. The van der Waals surface area contributed by atoms with Crippen LogP contribution in [0.1, 0.15) is 37.3 Å². The highest BCUT2D eigenvalue weighted by Crippen LogP contribution is 2.37. The Balaban J connectivity index is 1.85. The highest BCUT2D eigenvalue weighted by molar-refractivity contribution is 8.19. The van der Waals surface area contributed by atoms with Crippen molar-refractivity contribution in [2.75, 3.05) is 11.5 Å². The van der Waals surface area contributed by atoms with Crippen LogP contribution in [0.2, 0.25) is 0 Å². The van der Waals surface area contributed by atoms with Crippen molar-refractivity contribution in [3.05, 3.63) is 64.6 Å². The number of rotatable bonds is 7. The van der Waals surface area contributed by atoms with Crippen molar-refractivity contribution in [1.29, 1.82) is 0 Å². The first-order valence-electron chi connectivity index (χ1n) is 9.22. The molecule has 0 radical (unpaired) electrons. The van der Waals surface area contributed by atoms with Crippen molar-refractivity contribution in [3.63, 3.8) is 0 Å². The molecule has 0 saturated carbocycles. The van der Waals surface area contributed by atoms with Gasteiger partial charge in [0.1, 0.15) is 5.75 Å². The first kappa shape index (κ1) is 20.7. The van der Waals surface area contributed by atoms with Gasteiger partial charge in [0.05, 0.1) is 10.6 Å². The number of carboxylic acids is 1. The number of benzene rings is 2. The van der Waals surface area contributed by atoms with Crippen LogP contribution in [0.4, 0.5) is 10.5 Å². The standard InChI is InChI=1S/C22H21NO5S/c1-3-14(2)15-8-10-17(11-9-15)23-21(26)19(29-22(23)27)12-16-6-4-5-7-18(16)28-13-20(24)25/h4-12,14H,3,13H2,1-2H3,(H,24,25)/b19-12+. The molecule has 2 aromatic carbocycles. The fourth-order valence-corrected chi connectivity index (χ4v) is 3.72. The summed E-state index contributed by atoms with van der Waals surface area (Å²) in [5.74, 6) is -0.772. The largest absolute Gasteiger partial charge is 0.481 e. The molecular formula is C22H21NO5S. The van der Waals surface area contributed by atoms with Crippen LogP contribution in [0.25, 0.3) is 6.08 Å². The lowest BCUT2D eigenvalue weighted by Gasteiger charge is -2.15. The van der Waals surface area contributed by atoms with Crippen LogP contribution < -0.4 is 9.64 Å². The number of carboxylic acid groups (broad SMARTS) is 1. The Hall–Kier alpha value is -3.06. The molecule has 1 saturated heterocycles. The van der Waals surface area contributed by atoms with Crippen LogP contribution in [0.5, 0.6) is 5.75 Å². The number of ether oxygens (including phenoxy) is 1. The van der Waals surface area contributed by atoms with E-state index in [1.165, 1.54) is 0 Å². The molecule has 29 heavy (non-hydrogen) atoms. The third-order valence-corrected chi connectivity index (χ3v) is 5.55. The first-order valence-corrected chi connectivity index (χ1v) is 10.0. The molecule has 3 rings (SSSR count). The summed E-state index contributed by atoms with van der Waals surface area (Å²) in [6.45, 7) is 3.74. The van der Waals surface area contributed by atoms with Gasteiger partial charge in [0.15, 0.2) is 6.61 Å².